The Bertz CT molecular complexity index is 585. The molecule has 0 aliphatic carbocycles. The van der Waals surface area contributed by atoms with Gasteiger partial charge in [-0.2, -0.15) is 5.10 Å². The van der Waals surface area contributed by atoms with Crippen LogP contribution in [0.3, 0.4) is 0 Å². The van der Waals surface area contributed by atoms with Crippen LogP contribution in [0.25, 0.3) is 11.3 Å². The molecule has 1 N–H and O–H groups in total. The fourth-order valence-electron chi connectivity index (χ4n) is 2.27. The highest BCUT2D eigenvalue weighted by molar-refractivity contribution is 5.61. The molecular formula is C13H20N6. The van der Waals surface area contributed by atoms with E-state index < -0.39 is 0 Å². The van der Waals surface area contributed by atoms with E-state index in [4.69, 9.17) is 0 Å². The molecule has 1 aliphatic heterocycles. The standard InChI is InChI=1S/C13H20N6/c1-13(2,3)12-10(7-18(4)16-12)11-8-19(17-15-11)9-5-14-6-9/h7-9,14H,5-6H2,1-4H3. The van der Waals surface area contributed by atoms with Gasteiger partial charge in [0.2, 0.25) is 0 Å². The molecule has 3 heterocycles. The lowest BCUT2D eigenvalue weighted by atomic mass is 9.89. The van der Waals surface area contributed by atoms with Crippen LogP contribution in [-0.2, 0) is 12.5 Å². The quantitative estimate of drug-likeness (QED) is 0.879. The molecule has 6 nitrogen and oxygen atoms in total. The van der Waals surface area contributed by atoms with Crippen LogP contribution in [0.15, 0.2) is 12.4 Å². The van der Waals surface area contributed by atoms with Crippen LogP contribution in [0.4, 0.5) is 0 Å². The number of aryl methyl sites for hydroxylation is 1. The predicted molar refractivity (Wildman–Crippen MR) is 72.8 cm³/mol. The smallest absolute Gasteiger partial charge is 0.116 e. The third-order valence-electron chi connectivity index (χ3n) is 3.46. The fourth-order valence-corrected chi connectivity index (χ4v) is 2.27. The van der Waals surface area contributed by atoms with Gasteiger partial charge in [0.25, 0.3) is 0 Å². The van der Waals surface area contributed by atoms with E-state index in [1.54, 1.807) is 0 Å². The van der Waals surface area contributed by atoms with Gasteiger partial charge < -0.3 is 5.32 Å². The van der Waals surface area contributed by atoms with Gasteiger partial charge in [0.1, 0.15) is 5.69 Å². The Hall–Kier alpha value is -1.69. The maximum absolute atomic E-state index is 4.57. The SMILES string of the molecule is Cn1cc(-c2cn(C3CNC3)nn2)c(C(C)(C)C)n1. The first-order chi connectivity index (χ1) is 8.95. The molecule has 2 aromatic rings. The Morgan fingerprint density at radius 3 is 2.58 bits per heavy atom. The molecule has 6 heteroatoms. The van der Waals surface area contributed by atoms with E-state index in [2.05, 4.69) is 41.5 Å². The summed E-state index contributed by atoms with van der Waals surface area (Å²) < 4.78 is 3.80. The van der Waals surface area contributed by atoms with Crippen LogP contribution < -0.4 is 5.32 Å². The molecule has 0 unspecified atom stereocenters. The van der Waals surface area contributed by atoms with E-state index in [-0.39, 0.29) is 5.41 Å². The molecule has 102 valence electrons. The largest absolute Gasteiger partial charge is 0.312 e. The molecule has 0 amide bonds. The van der Waals surface area contributed by atoms with E-state index in [0.717, 1.165) is 30.0 Å². The zero-order valence-electron chi connectivity index (χ0n) is 11.9. The molecule has 3 rings (SSSR count). The summed E-state index contributed by atoms with van der Waals surface area (Å²) in [6, 6.07) is 0.441. The molecule has 0 saturated carbocycles. The highest BCUT2D eigenvalue weighted by Crippen LogP contribution is 2.30. The van der Waals surface area contributed by atoms with Crippen molar-refractivity contribution < 1.29 is 0 Å². The first-order valence-electron chi connectivity index (χ1n) is 6.62. The van der Waals surface area contributed by atoms with Gasteiger partial charge in [0, 0.05) is 37.3 Å². The van der Waals surface area contributed by atoms with Crippen molar-refractivity contribution >= 4 is 0 Å². The van der Waals surface area contributed by atoms with Crippen LogP contribution in [0.1, 0.15) is 32.5 Å². The maximum Gasteiger partial charge on any atom is 0.116 e. The van der Waals surface area contributed by atoms with Crippen molar-refractivity contribution in [2.75, 3.05) is 13.1 Å². The fraction of sp³-hybridized carbons (Fsp3) is 0.615. The van der Waals surface area contributed by atoms with Gasteiger partial charge in [-0.3, -0.25) is 4.68 Å². The monoisotopic (exact) mass is 260 g/mol. The normalized spacial score (nSPS) is 16.6. The molecule has 0 spiro atoms. The molecule has 0 atom stereocenters. The van der Waals surface area contributed by atoms with Gasteiger partial charge in [-0.25, -0.2) is 4.68 Å². The summed E-state index contributed by atoms with van der Waals surface area (Å²) in [7, 11) is 1.94. The van der Waals surface area contributed by atoms with Crippen molar-refractivity contribution in [3.05, 3.63) is 18.1 Å². The zero-order chi connectivity index (χ0) is 13.6. The van der Waals surface area contributed by atoms with E-state index in [9.17, 15) is 0 Å². The minimum atomic E-state index is -0.00159. The van der Waals surface area contributed by atoms with Gasteiger partial charge in [-0.15, -0.1) is 5.10 Å². The molecule has 0 radical (unpaired) electrons. The summed E-state index contributed by atoms with van der Waals surface area (Å²) in [4.78, 5) is 0. The molecule has 0 bridgehead atoms. The second-order valence-corrected chi connectivity index (χ2v) is 6.21. The van der Waals surface area contributed by atoms with Crippen molar-refractivity contribution in [1.82, 2.24) is 30.1 Å². The van der Waals surface area contributed by atoms with Crippen LogP contribution >= 0.6 is 0 Å². The Kier molecular flexibility index (Phi) is 2.70. The Morgan fingerprint density at radius 2 is 2.00 bits per heavy atom. The van der Waals surface area contributed by atoms with Gasteiger partial charge in [0.15, 0.2) is 0 Å². The minimum absolute atomic E-state index is 0.00159. The summed E-state index contributed by atoms with van der Waals surface area (Å²) in [5.41, 5.74) is 3.05. The van der Waals surface area contributed by atoms with Crippen molar-refractivity contribution in [3.8, 4) is 11.3 Å². The van der Waals surface area contributed by atoms with Gasteiger partial charge in [0.05, 0.1) is 17.9 Å². The maximum atomic E-state index is 4.57. The third kappa shape index (κ3) is 2.16. The number of nitrogens with zero attached hydrogens (tertiary/aromatic N) is 5. The lowest BCUT2D eigenvalue weighted by molar-refractivity contribution is 0.313. The summed E-state index contributed by atoms with van der Waals surface area (Å²) in [6.45, 7) is 8.45. The predicted octanol–water partition coefficient (Wildman–Crippen LogP) is 1.12. The average molecular weight is 260 g/mol. The summed E-state index contributed by atoms with van der Waals surface area (Å²) in [5, 5.41) is 16.4. The second-order valence-electron chi connectivity index (χ2n) is 6.21. The highest BCUT2D eigenvalue weighted by atomic mass is 15.5. The molecule has 1 aliphatic rings. The second kappa shape index (κ2) is 4.16. The lowest BCUT2D eigenvalue weighted by Gasteiger charge is -2.26. The number of rotatable bonds is 2. The van der Waals surface area contributed by atoms with Crippen molar-refractivity contribution in [2.24, 2.45) is 7.05 Å². The number of hydrogen-bond acceptors (Lipinski definition) is 4. The Balaban J connectivity index is 1.99. The van der Waals surface area contributed by atoms with Crippen molar-refractivity contribution in [3.63, 3.8) is 0 Å². The van der Waals surface area contributed by atoms with E-state index in [0.29, 0.717) is 6.04 Å². The van der Waals surface area contributed by atoms with E-state index in [1.165, 1.54) is 0 Å². The van der Waals surface area contributed by atoms with Gasteiger partial charge >= 0.3 is 0 Å². The molecule has 2 aromatic heterocycles. The molecule has 19 heavy (non-hydrogen) atoms. The lowest BCUT2D eigenvalue weighted by Crippen LogP contribution is -2.43. The summed E-state index contributed by atoms with van der Waals surface area (Å²) in [5.74, 6) is 0. The third-order valence-corrected chi connectivity index (χ3v) is 3.46. The summed E-state index contributed by atoms with van der Waals surface area (Å²) in [6.07, 6.45) is 4.05. The van der Waals surface area contributed by atoms with Gasteiger partial charge in [-0.05, 0) is 0 Å². The highest BCUT2D eigenvalue weighted by Gasteiger charge is 2.26. The van der Waals surface area contributed by atoms with E-state index >= 15 is 0 Å². The van der Waals surface area contributed by atoms with Crippen LogP contribution in [0.2, 0.25) is 0 Å². The molecule has 1 saturated heterocycles. The van der Waals surface area contributed by atoms with Crippen molar-refractivity contribution in [1.29, 1.82) is 0 Å². The van der Waals surface area contributed by atoms with Crippen LogP contribution in [0.5, 0.6) is 0 Å². The summed E-state index contributed by atoms with van der Waals surface area (Å²) >= 11 is 0. The number of hydrogen-bond donors (Lipinski definition) is 1. The molecule has 1 fully saturated rings. The minimum Gasteiger partial charge on any atom is -0.312 e. The average Bonchev–Trinajstić information content (AvgIpc) is 2.80. The zero-order valence-corrected chi connectivity index (χ0v) is 11.9. The van der Waals surface area contributed by atoms with Crippen LogP contribution in [-0.4, -0.2) is 37.9 Å². The van der Waals surface area contributed by atoms with Gasteiger partial charge in [-0.1, -0.05) is 26.0 Å². The molecule has 0 aromatic carbocycles. The van der Waals surface area contributed by atoms with E-state index in [1.807, 2.05) is 28.8 Å². The Labute approximate surface area is 112 Å². The first kappa shape index (κ1) is 12.3. The molecular weight excluding hydrogens is 240 g/mol. The first-order valence-corrected chi connectivity index (χ1v) is 6.62. The number of nitrogens with one attached hydrogen (secondary N) is 1. The van der Waals surface area contributed by atoms with Crippen molar-refractivity contribution in [2.45, 2.75) is 32.2 Å². The number of aromatic nitrogens is 5. The topological polar surface area (TPSA) is 60.6 Å². The Morgan fingerprint density at radius 1 is 1.26 bits per heavy atom. The van der Waals surface area contributed by atoms with Crippen LogP contribution in [0, 0.1) is 0 Å².